The number of carbonyl (C=O) groups is 1. The first-order valence-electron chi connectivity index (χ1n) is 7.41. The molecule has 2 fully saturated rings. The van der Waals surface area contributed by atoms with Gasteiger partial charge in [0.1, 0.15) is 5.60 Å². The molecule has 19 heavy (non-hydrogen) atoms. The van der Waals surface area contributed by atoms with E-state index in [2.05, 4.69) is 19.2 Å². The second-order valence-corrected chi connectivity index (χ2v) is 7.63. The van der Waals surface area contributed by atoms with E-state index in [0.29, 0.717) is 12.0 Å². The van der Waals surface area contributed by atoms with Gasteiger partial charge in [-0.1, -0.05) is 13.8 Å². The Morgan fingerprint density at radius 2 is 1.84 bits per heavy atom. The van der Waals surface area contributed by atoms with Gasteiger partial charge in [-0.2, -0.15) is 0 Å². The number of ether oxygens (including phenoxy) is 1. The zero-order valence-electron chi connectivity index (χ0n) is 13.0. The van der Waals surface area contributed by atoms with Crippen LogP contribution in [0.25, 0.3) is 0 Å². The maximum absolute atomic E-state index is 12.3. The lowest BCUT2D eigenvalue weighted by atomic mass is 9.67. The van der Waals surface area contributed by atoms with Crippen LogP contribution in [0.3, 0.4) is 0 Å². The third kappa shape index (κ3) is 3.22. The van der Waals surface area contributed by atoms with Gasteiger partial charge in [-0.15, -0.1) is 0 Å². The van der Waals surface area contributed by atoms with E-state index in [9.17, 15) is 4.79 Å². The quantitative estimate of drug-likeness (QED) is 0.795. The van der Waals surface area contributed by atoms with Gasteiger partial charge in [0.2, 0.25) is 0 Å². The third-order valence-corrected chi connectivity index (χ3v) is 4.17. The zero-order chi connectivity index (χ0) is 14.3. The Balaban J connectivity index is 2.03. The second-order valence-electron chi connectivity index (χ2n) is 7.63. The van der Waals surface area contributed by atoms with Crippen LogP contribution in [0, 0.1) is 11.3 Å². The molecule has 0 aliphatic carbocycles. The minimum absolute atomic E-state index is 0.143. The Morgan fingerprint density at radius 1 is 1.26 bits per heavy atom. The maximum atomic E-state index is 12.3. The molecule has 0 radical (unpaired) electrons. The average molecular weight is 268 g/mol. The van der Waals surface area contributed by atoms with E-state index in [1.165, 1.54) is 0 Å². The number of nitrogens with zero attached hydrogens (tertiary/aromatic N) is 1. The van der Waals surface area contributed by atoms with Crippen LogP contribution < -0.4 is 5.32 Å². The van der Waals surface area contributed by atoms with Crippen molar-refractivity contribution in [3.8, 4) is 0 Å². The van der Waals surface area contributed by atoms with Crippen molar-refractivity contribution in [3.63, 3.8) is 0 Å². The average Bonchev–Trinajstić information content (AvgIpc) is 2.25. The van der Waals surface area contributed by atoms with E-state index in [0.717, 1.165) is 32.5 Å². The van der Waals surface area contributed by atoms with Crippen LogP contribution in [0.4, 0.5) is 4.79 Å². The van der Waals surface area contributed by atoms with E-state index >= 15 is 0 Å². The summed E-state index contributed by atoms with van der Waals surface area (Å²) < 4.78 is 5.53. The largest absolute Gasteiger partial charge is 0.444 e. The van der Waals surface area contributed by atoms with Gasteiger partial charge in [0, 0.05) is 18.0 Å². The molecule has 0 aromatic rings. The smallest absolute Gasteiger partial charge is 0.410 e. The van der Waals surface area contributed by atoms with Crippen LogP contribution >= 0.6 is 0 Å². The molecule has 1 atom stereocenters. The van der Waals surface area contributed by atoms with Crippen LogP contribution in [0.1, 0.15) is 47.5 Å². The number of hydrogen-bond acceptors (Lipinski definition) is 3. The summed E-state index contributed by atoms with van der Waals surface area (Å²) in [7, 11) is 0. The van der Waals surface area contributed by atoms with Gasteiger partial charge in [-0.3, -0.25) is 0 Å². The summed E-state index contributed by atoms with van der Waals surface area (Å²) in [6.45, 7) is 13.3. The molecule has 1 amide bonds. The normalized spacial score (nSPS) is 27.8. The summed E-state index contributed by atoms with van der Waals surface area (Å²) in [5.74, 6) is 0.609. The summed E-state index contributed by atoms with van der Waals surface area (Å²) >= 11 is 0. The molecule has 2 rings (SSSR count). The monoisotopic (exact) mass is 268 g/mol. The first-order chi connectivity index (χ1) is 8.71. The first-order valence-corrected chi connectivity index (χ1v) is 7.41. The first kappa shape index (κ1) is 14.6. The fourth-order valence-electron chi connectivity index (χ4n) is 3.49. The number of nitrogens with one attached hydrogen (secondary N) is 1. The molecule has 2 aliphatic rings. The molecule has 2 heterocycles. The van der Waals surface area contributed by atoms with Crippen molar-refractivity contribution in [1.82, 2.24) is 10.2 Å². The lowest BCUT2D eigenvalue weighted by Crippen LogP contribution is -2.67. The van der Waals surface area contributed by atoms with Gasteiger partial charge in [0.05, 0.1) is 0 Å². The van der Waals surface area contributed by atoms with Crippen LogP contribution in [0.2, 0.25) is 0 Å². The van der Waals surface area contributed by atoms with Crippen molar-refractivity contribution >= 4 is 6.09 Å². The molecule has 0 spiro atoms. The fraction of sp³-hybridized carbons (Fsp3) is 0.933. The van der Waals surface area contributed by atoms with Gasteiger partial charge >= 0.3 is 6.09 Å². The third-order valence-electron chi connectivity index (χ3n) is 4.17. The Labute approximate surface area is 116 Å². The molecule has 0 saturated carbocycles. The van der Waals surface area contributed by atoms with Crippen LogP contribution in [0.15, 0.2) is 0 Å². The van der Waals surface area contributed by atoms with Crippen molar-refractivity contribution in [2.75, 3.05) is 19.6 Å². The van der Waals surface area contributed by atoms with Crippen LogP contribution in [-0.2, 0) is 4.74 Å². The number of amides is 1. The summed E-state index contributed by atoms with van der Waals surface area (Å²) in [6, 6.07) is 0.337. The zero-order valence-corrected chi connectivity index (χ0v) is 13.0. The van der Waals surface area contributed by atoms with Gasteiger partial charge in [-0.25, -0.2) is 4.79 Å². The molecule has 2 saturated heterocycles. The lowest BCUT2D eigenvalue weighted by Gasteiger charge is -2.57. The van der Waals surface area contributed by atoms with E-state index in [-0.39, 0.29) is 11.5 Å². The highest BCUT2D eigenvalue weighted by atomic mass is 16.6. The Bertz CT molecular complexity index is 341. The summed E-state index contributed by atoms with van der Waals surface area (Å²) in [6.07, 6.45) is 2.18. The second kappa shape index (κ2) is 4.97. The van der Waals surface area contributed by atoms with E-state index in [1.54, 1.807) is 0 Å². The summed E-state index contributed by atoms with van der Waals surface area (Å²) in [5, 5.41) is 3.39. The SMILES string of the molecule is CC(C)(C)OC(=O)N1CC(C)(C)C1C1CCNCC1. The number of piperidine rings is 1. The standard InChI is InChI=1S/C15H28N2O2/c1-14(2,3)19-13(18)17-10-15(4,5)12(17)11-6-8-16-9-7-11/h11-12,16H,6-10H2,1-5H3. The molecule has 0 aromatic heterocycles. The molecule has 1 unspecified atom stereocenters. The Morgan fingerprint density at radius 3 is 2.32 bits per heavy atom. The minimum atomic E-state index is -0.407. The molecule has 0 bridgehead atoms. The molecule has 110 valence electrons. The molecule has 4 heteroatoms. The predicted molar refractivity (Wildman–Crippen MR) is 76.1 cm³/mol. The lowest BCUT2D eigenvalue weighted by molar-refractivity contribution is -0.0908. The Hall–Kier alpha value is -0.770. The van der Waals surface area contributed by atoms with Crippen molar-refractivity contribution in [2.24, 2.45) is 11.3 Å². The van der Waals surface area contributed by atoms with E-state index in [1.807, 2.05) is 25.7 Å². The molecule has 4 nitrogen and oxygen atoms in total. The molecular weight excluding hydrogens is 240 g/mol. The molecular formula is C15H28N2O2. The molecule has 1 N–H and O–H groups in total. The molecule has 2 aliphatic heterocycles. The number of hydrogen-bond donors (Lipinski definition) is 1. The van der Waals surface area contributed by atoms with Crippen molar-refractivity contribution in [3.05, 3.63) is 0 Å². The summed E-state index contributed by atoms with van der Waals surface area (Å²) in [5.41, 5.74) is -0.186. The fourth-order valence-corrected chi connectivity index (χ4v) is 3.49. The number of rotatable bonds is 1. The van der Waals surface area contributed by atoms with E-state index < -0.39 is 5.60 Å². The van der Waals surface area contributed by atoms with Crippen molar-refractivity contribution in [2.45, 2.75) is 59.1 Å². The highest BCUT2D eigenvalue weighted by Crippen LogP contribution is 2.44. The van der Waals surface area contributed by atoms with Gasteiger partial charge in [0.15, 0.2) is 0 Å². The minimum Gasteiger partial charge on any atom is -0.444 e. The van der Waals surface area contributed by atoms with Crippen molar-refractivity contribution < 1.29 is 9.53 Å². The highest BCUT2D eigenvalue weighted by Gasteiger charge is 2.52. The maximum Gasteiger partial charge on any atom is 0.410 e. The van der Waals surface area contributed by atoms with Gasteiger partial charge in [0.25, 0.3) is 0 Å². The van der Waals surface area contributed by atoms with E-state index in [4.69, 9.17) is 4.74 Å². The highest BCUT2D eigenvalue weighted by molar-refractivity contribution is 5.70. The molecule has 0 aromatic carbocycles. The van der Waals surface area contributed by atoms with Crippen LogP contribution in [-0.4, -0.2) is 42.3 Å². The van der Waals surface area contributed by atoms with Crippen LogP contribution in [0.5, 0.6) is 0 Å². The number of likely N-dealkylation sites (tertiary alicyclic amines) is 1. The number of carbonyl (C=O) groups excluding carboxylic acids is 1. The topological polar surface area (TPSA) is 41.6 Å². The Kier molecular flexibility index (Phi) is 3.83. The van der Waals surface area contributed by atoms with Gasteiger partial charge < -0.3 is 15.0 Å². The van der Waals surface area contributed by atoms with Crippen molar-refractivity contribution in [1.29, 1.82) is 0 Å². The predicted octanol–water partition coefficient (Wildman–Crippen LogP) is 2.63. The van der Waals surface area contributed by atoms with Gasteiger partial charge in [-0.05, 0) is 52.6 Å². The summed E-state index contributed by atoms with van der Waals surface area (Å²) in [4.78, 5) is 14.2.